The molecule has 0 aliphatic carbocycles. The molecule has 3 rings (SSSR count). The summed E-state index contributed by atoms with van der Waals surface area (Å²) < 4.78 is 0. The van der Waals surface area contributed by atoms with Gasteiger partial charge in [-0.2, -0.15) is 0 Å². The lowest BCUT2D eigenvalue weighted by Gasteiger charge is -2.19. The number of nitrogens with one attached hydrogen (secondary N) is 2. The van der Waals surface area contributed by atoms with Gasteiger partial charge in [0.25, 0.3) is 5.91 Å². The van der Waals surface area contributed by atoms with Crippen molar-refractivity contribution in [3.05, 3.63) is 59.4 Å². The molecule has 0 spiro atoms. The first-order chi connectivity index (χ1) is 11.1. The number of imidazole rings is 1. The van der Waals surface area contributed by atoms with Crippen molar-refractivity contribution in [2.45, 2.75) is 0 Å². The maximum atomic E-state index is 12.2. The van der Waals surface area contributed by atoms with Gasteiger partial charge in [-0.1, -0.05) is 11.6 Å². The first-order valence-corrected chi connectivity index (χ1v) is 7.69. The van der Waals surface area contributed by atoms with E-state index in [1.165, 1.54) is 0 Å². The highest BCUT2D eigenvalue weighted by atomic mass is 35.5. The number of rotatable bonds is 5. The summed E-state index contributed by atoms with van der Waals surface area (Å²) in [6.07, 6.45) is 1.62. The average Bonchev–Trinajstić information content (AvgIpc) is 3.02. The number of nitrogens with zero attached hydrogens (tertiary/aromatic N) is 2. The number of benzene rings is 2. The molecule has 2 aromatic carbocycles. The predicted molar refractivity (Wildman–Crippen MR) is 93.1 cm³/mol. The fourth-order valence-corrected chi connectivity index (χ4v) is 2.47. The van der Waals surface area contributed by atoms with E-state index in [2.05, 4.69) is 20.2 Å². The second-order valence-electron chi connectivity index (χ2n) is 5.29. The molecule has 0 fully saturated rings. The molecule has 0 aliphatic heterocycles. The number of anilines is 1. The average molecular weight is 329 g/mol. The van der Waals surface area contributed by atoms with Gasteiger partial charge in [0.15, 0.2) is 0 Å². The molecule has 0 saturated carbocycles. The van der Waals surface area contributed by atoms with Gasteiger partial charge < -0.3 is 15.2 Å². The summed E-state index contributed by atoms with van der Waals surface area (Å²) in [5.41, 5.74) is 3.39. The second-order valence-corrected chi connectivity index (χ2v) is 5.72. The van der Waals surface area contributed by atoms with Gasteiger partial charge in [0.05, 0.1) is 17.4 Å². The van der Waals surface area contributed by atoms with Crippen LogP contribution in [0.5, 0.6) is 0 Å². The number of carbonyl (C=O) groups is 1. The Morgan fingerprint density at radius 1 is 1.26 bits per heavy atom. The van der Waals surface area contributed by atoms with Crippen molar-refractivity contribution < 1.29 is 4.79 Å². The van der Waals surface area contributed by atoms with Crippen molar-refractivity contribution in [2.75, 3.05) is 25.0 Å². The van der Waals surface area contributed by atoms with Gasteiger partial charge in [-0.25, -0.2) is 4.98 Å². The summed E-state index contributed by atoms with van der Waals surface area (Å²) >= 11 is 5.88. The summed E-state index contributed by atoms with van der Waals surface area (Å²) in [6, 6.07) is 13.0. The smallest absolute Gasteiger partial charge is 0.251 e. The van der Waals surface area contributed by atoms with E-state index in [-0.39, 0.29) is 5.91 Å². The lowest BCUT2D eigenvalue weighted by atomic mass is 10.2. The molecule has 0 saturated heterocycles. The second kappa shape index (κ2) is 6.71. The Balaban J connectivity index is 1.55. The van der Waals surface area contributed by atoms with Crippen molar-refractivity contribution in [1.29, 1.82) is 0 Å². The van der Waals surface area contributed by atoms with Gasteiger partial charge in [-0.05, 0) is 42.5 Å². The predicted octanol–water partition coefficient (Wildman–Crippen LogP) is 3.08. The maximum Gasteiger partial charge on any atom is 0.251 e. The largest absolute Gasteiger partial charge is 0.373 e. The first kappa shape index (κ1) is 15.4. The molecule has 0 atom stereocenters. The normalized spacial score (nSPS) is 10.7. The van der Waals surface area contributed by atoms with Gasteiger partial charge in [-0.3, -0.25) is 4.79 Å². The van der Waals surface area contributed by atoms with E-state index >= 15 is 0 Å². The van der Waals surface area contributed by atoms with E-state index < -0.39 is 0 Å². The van der Waals surface area contributed by atoms with E-state index in [0.29, 0.717) is 23.7 Å². The van der Waals surface area contributed by atoms with Gasteiger partial charge in [0, 0.05) is 36.4 Å². The van der Waals surface area contributed by atoms with Gasteiger partial charge >= 0.3 is 0 Å². The van der Waals surface area contributed by atoms with Crippen LogP contribution < -0.4 is 10.2 Å². The Morgan fingerprint density at radius 2 is 2.04 bits per heavy atom. The number of halogens is 1. The lowest BCUT2D eigenvalue weighted by molar-refractivity contribution is 0.0955. The van der Waals surface area contributed by atoms with Crippen LogP contribution in [-0.4, -0.2) is 36.0 Å². The highest BCUT2D eigenvalue weighted by Gasteiger charge is 2.07. The van der Waals surface area contributed by atoms with E-state index in [4.69, 9.17) is 11.6 Å². The van der Waals surface area contributed by atoms with Crippen molar-refractivity contribution in [1.82, 2.24) is 15.3 Å². The Morgan fingerprint density at radius 3 is 2.83 bits per heavy atom. The highest BCUT2D eigenvalue weighted by Crippen LogP contribution is 2.16. The zero-order valence-corrected chi connectivity index (χ0v) is 13.5. The maximum absolute atomic E-state index is 12.2. The summed E-state index contributed by atoms with van der Waals surface area (Å²) in [7, 11) is 1.98. The molecule has 0 radical (unpaired) electrons. The topological polar surface area (TPSA) is 61.0 Å². The van der Waals surface area contributed by atoms with E-state index in [0.717, 1.165) is 16.7 Å². The van der Waals surface area contributed by atoms with Crippen LogP contribution in [0.2, 0.25) is 5.02 Å². The van der Waals surface area contributed by atoms with E-state index in [1.54, 1.807) is 18.5 Å². The number of amides is 1. The monoisotopic (exact) mass is 328 g/mol. The quantitative estimate of drug-likeness (QED) is 0.756. The van der Waals surface area contributed by atoms with Crippen LogP contribution in [0.25, 0.3) is 11.0 Å². The standard InChI is InChI=1S/C17H17ClN4O/c1-22(14-5-3-13(18)4-6-14)9-8-19-17(23)12-2-7-15-16(10-12)21-11-20-15/h2-7,10-11H,8-9H2,1H3,(H,19,23)(H,20,21). The van der Waals surface area contributed by atoms with Crippen LogP contribution in [-0.2, 0) is 0 Å². The van der Waals surface area contributed by atoms with E-state index in [1.807, 2.05) is 37.4 Å². The Hall–Kier alpha value is -2.53. The Labute approximate surface area is 139 Å². The number of carbonyl (C=O) groups excluding carboxylic acids is 1. The highest BCUT2D eigenvalue weighted by molar-refractivity contribution is 6.30. The minimum atomic E-state index is -0.0917. The molecule has 2 N–H and O–H groups in total. The molecule has 0 unspecified atom stereocenters. The molecule has 23 heavy (non-hydrogen) atoms. The third-order valence-electron chi connectivity index (χ3n) is 3.68. The van der Waals surface area contributed by atoms with Crippen LogP contribution in [0.1, 0.15) is 10.4 Å². The minimum absolute atomic E-state index is 0.0917. The lowest BCUT2D eigenvalue weighted by Crippen LogP contribution is -2.32. The molecular formula is C17H17ClN4O. The number of fused-ring (bicyclic) bond motifs is 1. The third-order valence-corrected chi connectivity index (χ3v) is 3.93. The van der Waals surface area contributed by atoms with Crippen LogP contribution in [0.15, 0.2) is 48.8 Å². The Bertz CT molecular complexity index is 813. The van der Waals surface area contributed by atoms with Crippen LogP contribution >= 0.6 is 11.6 Å². The van der Waals surface area contributed by atoms with Crippen molar-refractivity contribution >= 4 is 34.2 Å². The zero-order chi connectivity index (χ0) is 16.2. The fraction of sp³-hybridized carbons (Fsp3) is 0.176. The number of likely N-dealkylation sites (N-methyl/N-ethyl adjacent to an activating group) is 1. The number of hydrogen-bond donors (Lipinski definition) is 2. The zero-order valence-electron chi connectivity index (χ0n) is 12.7. The van der Waals surface area contributed by atoms with Crippen LogP contribution in [0.3, 0.4) is 0 Å². The molecule has 3 aromatic rings. The molecule has 1 heterocycles. The van der Waals surface area contributed by atoms with Gasteiger partial charge in [0.1, 0.15) is 0 Å². The molecule has 0 bridgehead atoms. The van der Waals surface area contributed by atoms with Gasteiger partial charge in [0.2, 0.25) is 0 Å². The number of aromatic amines is 1. The Kier molecular flexibility index (Phi) is 4.48. The third kappa shape index (κ3) is 3.63. The summed E-state index contributed by atoms with van der Waals surface area (Å²) in [6.45, 7) is 1.26. The minimum Gasteiger partial charge on any atom is -0.373 e. The fourth-order valence-electron chi connectivity index (χ4n) is 2.34. The summed E-state index contributed by atoms with van der Waals surface area (Å²) in [4.78, 5) is 21.4. The molecule has 5 nitrogen and oxygen atoms in total. The van der Waals surface area contributed by atoms with Gasteiger partial charge in [-0.15, -0.1) is 0 Å². The molecule has 0 aliphatic rings. The number of aromatic nitrogens is 2. The molecular weight excluding hydrogens is 312 g/mol. The SMILES string of the molecule is CN(CCNC(=O)c1ccc2nc[nH]c2c1)c1ccc(Cl)cc1. The molecule has 1 aromatic heterocycles. The van der Waals surface area contributed by atoms with Crippen LogP contribution in [0, 0.1) is 0 Å². The number of H-pyrrole nitrogens is 1. The summed E-state index contributed by atoms with van der Waals surface area (Å²) in [5, 5.41) is 3.64. The molecule has 1 amide bonds. The van der Waals surface area contributed by atoms with Crippen LogP contribution in [0.4, 0.5) is 5.69 Å². The molecule has 6 heteroatoms. The molecule has 118 valence electrons. The van der Waals surface area contributed by atoms with Crippen molar-refractivity contribution in [3.63, 3.8) is 0 Å². The summed E-state index contributed by atoms with van der Waals surface area (Å²) in [5.74, 6) is -0.0917. The number of hydrogen-bond acceptors (Lipinski definition) is 3. The van der Waals surface area contributed by atoms with Crippen molar-refractivity contribution in [3.8, 4) is 0 Å². The van der Waals surface area contributed by atoms with Crippen molar-refractivity contribution in [2.24, 2.45) is 0 Å². The first-order valence-electron chi connectivity index (χ1n) is 7.31. The van der Waals surface area contributed by atoms with E-state index in [9.17, 15) is 4.79 Å².